The molecule has 2 fully saturated rings. The van der Waals surface area contributed by atoms with Crippen LogP contribution in [0.3, 0.4) is 0 Å². The highest BCUT2D eigenvalue weighted by molar-refractivity contribution is 6.29. The standard InChI is InChI=1S/C20H21ClF3N7O/c1-11-2-5-16(32-10-20(22,23)24)31-18(11)27-19(29-31)26-17-12-3-4-13(17)9-30(8-12)14-6-15(21)28-25-7-14/h2,5-7,12-13,17H,3-4,8-10H2,1H3,(H,26,29)/t12-,13+,17-. The second kappa shape index (κ2) is 7.95. The number of nitrogens with zero attached hydrogens (tertiary/aromatic N) is 6. The number of piperidine rings is 1. The Balaban J connectivity index is 1.34. The Labute approximate surface area is 186 Å². The highest BCUT2D eigenvalue weighted by atomic mass is 35.5. The van der Waals surface area contributed by atoms with Crippen molar-refractivity contribution >= 4 is 28.9 Å². The van der Waals surface area contributed by atoms with E-state index in [-0.39, 0.29) is 11.9 Å². The Morgan fingerprint density at radius 2 is 1.97 bits per heavy atom. The number of aromatic nitrogens is 5. The maximum Gasteiger partial charge on any atom is 0.422 e. The molecule has 1 aliphatic heterocycles. The monoisotopic (exact) mass is 467 g/mol. The number of pyridine rings is 1. The normalized spacial score (nSPS) is 23.0. The van der Waals surface area contributed by atoms with Crippen LogP contribution in [0.1, 0.15) is 18.4 Å². The summed E-state index contributed by atoms with van der Waals surface area (Å²) in [6.45, 7) is 2.12. The van der Waals surface area contributed by atoms with Crippen molar-refractivity contribution in [2.45, 2.75) is 32.0 Å². The molecule has 12 heteroatoms. The fraction of sp³-hybridized carbons (Fsp3) is 0.500. The number of alkyl halides is 3. The van der Waals surface area contributed by atoms with Gasteiger partial charge in [-0.2, -0.15) is 27.8 Å². The molecule has 32 heavy (non-hydrogen) atoms. The first-order valence-electron chi connectivity index (χ1n) is 10.3. The predicted octanol–water partition coefficient (Wildman–Crippen LogP) is 3.75. The average molecular weight is 468 g/mol. The van der Waals surface area contributed by atoms with Gasteiger partial charge in [-0.1, -0.05) is 17.7 Å². The van der Waals surface area contributed by atoms with Crippen LogP contribution in [-0.4, -0.2) is 56.7 Å². The van der Waals surface area contributed by atoms with E-state index in [2.05, 4.69) is 30.5 Å². The minimum absolute atomic E-state index is 0.00309. The van der Waals surface area contributed by atoms with E-state index in [0.717, 1.165) is 37.2 Å². The van der Waals surface area contributed by atoms with Gasteiger partial charge in [0.2, 0.25) is 11.8 Å². The summed E-state index contributed by atoms with van der Waals surface area (Å²) in [6.07, 6.45) is -0.580. The molecule has 2 aliphatic rings. The molecule has 0 aromatic carbocycles. The third-order valence-electron chi connectivity index (χ3n) is 6.13. The first-order valence-corrected chi connectivity index (χ1v) is 10.7. The van der Waals surface area contributed by atoms with Gasteiger partial charge in [0.05, 0.1) is 11.9 Å². The summed E-state index contributed by atoms with van der Waals surface area (Å²) in [4.78, 5) is 6.80. The molecule has 0 radical (unpaired) electrons. The number of aryl methyl sites for hydroxylation is 1. The minimum atomic E-state index is -4.43. The van der Waals surface area contributed by atoms with Crippen molar-refractivity contribution in [2.75, 3.05) is 29.9 Å². The van der Waals surface area contributed by atoms with Crippen molar-refractivity contribution in [1.82, 2.24) is 24.8 Å². The van der Waals surface area contributed by atoms with Crippen molar-refractivity contribution in [2.24, 2.45) is 11.8 Å². The quantitative estimate of drug-likeness (QED) is 0.612. The van der Waals surface area contributed by atoms with Crippen LogP contribution >= 0.6 is 11.6 Å². The number of hydrogen-bond donors (Lipinski definition) is 1. The van der Waals surface area contributed by atoms with Crippen LogP contribution in [-0.2, 0) is 0 Å². The Bertz CT molecular complexity index is 1120. The van der Waals surface area contributed by atoms with Gasteiger partial charge in [-0.15, -0.1) is 10.2 Å². The van der Waals surface area contributed by atoms with Crippen LogP contribution in [0.2, 0.25) is 5.15 Å². The summed E-state index contributed by atoms with van der Waals surface area (Å²) in [6, 6.07) is 5.14. The van der Waals surface area contributed by atoms with Gasteiger partial charge in [-0.3, -0.25) is 0 Å². The fourth-order valence-corrected chi connectivity index (χ4v) is 4.87. The maximum atomic E-state index is 12.6. The van der Waals surface area contributed by atoms with Gasteiger partial charge < -0.3 is 15.0 Å². The summed E-state index contributed by atoms with van der Waals surface area (Å²) in [7, 11) is 0. The van der Waals surface area contributed by atoms with Gasteiger partial charge in [0.15, 0.2) is 17.4 Å². The van der Waals surface area contributed by atoms with E-state index in [1.807, 2.05) is 13.0 Å². The van der Waals surface area contributed by atoms with Crippen LogP contribution in [0.5, 0.6) is 5.88 Å². The number of fused-ring (bicyclic) bond motifs is 3. The number of ether oxygens (including phenoxy) is 1. The van der Waals surface area contributed by atoms with E-state index >= 15 is 0 Å². The molecule has 3 aromatic heterocycles. The molecule has 3 aromatic rings. The molecule has 0 spiro atoms. The first kappa shape index (κ1) is 21.0. The first-order chi connectivity index (χ1) is 15.3. The minimum Gasteiger partial charge on any atom is -0.468 e. The van der Waals surface area contributed by atoms with Gasteiger partial charge in [0, 0.05) is 31.3 Å². The molecule has 1 N–H and O–H groups in total. The zero-order chi connectivity index (χ0) is 22.5. The number of anilines is 2. The van der Waals surface area contributed by atoms with Crippen LogP contribution in [0.25, 0.3) is 5.65 Å². The van der Waals surface area contributed by atoms with Gasteiger partial charge in [0.25, 0.3) is 0 Å². The molecule has 1 saturated heterocycles. The summed E-state index contributed by atoms with van der Waals surface area (Å²) in [5, 5.41) is 16.0. The van der Waals surface area contributed by atoms with Crippen LogP contribution in [0.15, 0.2) is 24.4 Å². The molecule has 0 unspecified atom stereocenters. The maximum absolute atomic E-state index is 12.6. The Morgan fingerprint density at radius 3 is 2.66 bits per heavy atom. The van der Waals surface area contributed by atoms with E-state index in [4.69, 9.17) is 16.3 Å². The lowest BCUT2D eigenvalue weighted by molar-refractivity contribution is -0.154. The smallest absolute Gasteiger partial charge is 0.422 e. The number of hydrogen-bond acceptors (Lipinski definition) is 7. The molecule has 5 rings (SSSR count). The number of rotatable bonds is 5. The Kier molecular flexibility index (Phi) is 5.23. The molecular formula is C20H21ClF3N7O. The molecule has 170 valence electrons. The SMILES string of the molecule is Cc1ccc(OCC(F)(F)F)n2nc(N[C@@H]3[C@@H]4CC[C@H]3CN(c3cnnc(Cl)c3)C4)nc12. The summed E-state index contributed by atoms with van der Waals surface area (Å²) in [5.74, 6) is 1.13. The van der Waals surface area contributed by atoms with E-state index in [0.29, 0.717) is 28.6 Å². The van der Waals surface area contributed by atoms with E-state index in [9.17, 15) is 13.2 Å². The van der Waals surface area contributed by atoms with Crippen LogP contribution in [0, 0.1) is 18.8 Å². The summed E-state index contributed by atoms with van der Waals surface area (Å²) < 4.78 is 44.1. The zero-order valence-electron chi connectivity index (χ0n) is 17.2. The summed E-state index contributed by atoms with van der Waals surface area (Å²) in [5.41, 5.74) is 2.22. The number of nitrogens with one attached hydrogen (secondary N) is 1. The highest BCUT2D eigenvalue weighted by Crippen LogP contribution is 2.40. The van der Waals surface area contributed by atoms with Crippen molar-refractivity contribution in [3.63, 3.8) is 0 Å². The molecule has 3 atom stereocenters. The van der Waals surface area contributed by atoms with Crippen molar-refractivity contribution in [3.05, 3.63) is 35.1 Å². The lowest BCUT2D eigenvalue weighted by Gasteiger charge is -2.39. The van der Waals surface area contributed by atoms with Crippen molar-refractivity contribution in [3.8, 4) is 5.88 Å². The lowest BCUT2D eigenvalue weighted by atomic mass is 9.92. The molecule has 4 heterocycles. The second-order valence-corrected chi connectivity index (χ2v) is 8.73. The topological polar surface area (TPSA) is 80.5 Å². The number of halogens is 4. The molecular weight excluding hydrogens is 447 g/mol. The fourth-order valence-electron chi connectivity index (χ4n) is 4.71. The van der Waals surface area contributed by atoms with Crippen LogP contribution in [0.4, 0.5) is 24.8 Å². The zero-order valence-corrected chi connectivity index (χ0v) is 17.9. The Hall–Kier alpha value is -2.82. The molecule has 8 nitrogen and oxygen atoms in total. The van der Waals surface area contributed by atoms with Gasteiger partial charge in [-0.05, 0) is 37.2 Å². The Morgan fingerprint density at radius 1 is 1.22 bits per heavy atom. The van der Waals surface area contributed by atoms with Crippen molar-refractivity contribution in [1.29, 1.82) is 0 Å². The van der Waals surface area contributed by atoms with Crippen LogP contribution < -0.4 is 15.0 Å². The van der Waals surface area contributed by atoms with Gasteiger partial charge in [-0.25, -0.2) is 0 Å². The van der Waals surface area contributed by atoms with E-state index < -0.39 is 12.8 Å². The molecule has 0 amide bonds. The second-order valence-electron chi connectivity index (χ2n) is 8.34. The largest absolute Gasteiger partial charge is 0.468 e. The molecule has 1 aliphatic carbocycles. The molecule has 2 bridgehead atoms. The lowest BCUT2D eigenvalue weighted by Crippen LogP contribution is -2.48. The van der Waals surface area contributed by atoms with Gasteiger partial charge >= 0.3 is 6.18 Å². The predicted molar refractivity (Wildman–Crippen MR) is 112 cm³/mol. The highest BCUT2D eigenvalue weighted by Gasteiger charge is 2.42. The van der Waals surface area contributed by atoms with E-state index in [1.165, 1.54) is 10.6 Å². The third kappa shape index (κ3) is 4.13. The van der Waals surface area contributed by atoms with E-state index in [1.54, 1.807) is 12.3 Å². The average Bonchev–Trinajstić information content (AvgIpc) is 3.25. The summed E-state index contributed by atoms with van der Waals surface area (Å²) >= 11 is 6.00. The van der Waals surface area contributed by atoms with Gasteiger partial charge in [0.1, 0.15) is 0 Å². The van der Waals surface area contributed by atoms with Crippen molar-refractivity contribution < 1.29 is 17.9 Å². The molecule has 1 saturated carbocycles. The third-order valence-corrected chi connectivity index (χ3v) is 6.32.